The van der Waals surface area contributed by atoms with Gasteiger partial charge in [-0.05, 0) is 0 Å². The molecule has 11 heteroatoms. The van der Waals surface area contributed by atoms with Crippen LogP contribution in [-0.2, 0) is 24.1 Å². The number of hydrogen-bond donors (Lipinski definition) is 5. The molecule has 1 aliphatic heterocycles. The Morgan fingerprint density at radius 3 is 2.58 bits per heavy atom. The van der Waals surface area contributed by atoms with E-state index in [0.717, 1.165) is 6.92 Å². The number of hydrogen-bond acceptors (Lipinski definition) is 8. The van der Waals surface area contributed by atoms with Crippen LogP contribution in [0.5, 0.6) is 0 Å². The van der Waals surface area contributed by atoms with Crippen molar-refractivity contribution < 1.29 is 42.0 Å². The van der Waals surface area contributed by atoms with Crippen molar-refractivity contribution in [2.45, 2.75) is 37.6 Å². The van der Waals surface area contributed by atoms with E-state index in [0.29, 0.717) is 0 Å². The van der Waals surface area contributed by atoms with Gasteiger partial charge in [-0.1, -0.05) is 0 Å². The molecule has 0 aromatic heterocycles. The van der Waals surface area contributed by atoms with Gasteiger partial charge in [-0.15, -0.1) is 0 Å². The summed E-state index contributed by atoms with van der Waals surface area (Å²) in [5, 5.41) is 30.5. The third-order valence-electron chi connectivity index (χ3n) is 2.38. The molecule has 0 aromatic carbocycles. The zero-order chi connectivity index (χ0) is 14.8. The molecule has 19 heavy (non-hydrogen) atoms. The molecule has 1 rings (SSSR count). The lowest BCUT2D eigenvalue weighted by Crippen LogP contribution is -2.63. The number of ether oxygens (including phenoxy) is 1. The van der Waals surface area contributed by atoms with Crippen molar-refractivity contribution in [2.75, 3.05) is 6.61 Å². The van der Waals surface area contributed by atoms with Gasteiger partial charge in [0.05, 0.1) is 13.0 Å². The maximum atomic E-state index is 10.9. The Morgan fingerprint density at radius 1 is 1.58 bits per heavy atom. The van der Waals surface area contributed by atoms with Crippen LogP contribution in [0.15, 0.2) is 0 Å². The van der Waals surface area contributed by atoms with Gasteiger partial charge in [-0.3, -0.25) is 9.35 Å². The molecule has 0 unspecified atom stereocenters. The van der Waals surface area contributed by atoms with Gasteiger partial charge in [0.2, 0.25) is 5.91 Å². The van der Waals surface area contributed by atoms with Crippen LogP contribution in [0.4, 0.5) is 0 Å². The third-order valence-corrected chi connectivity index (χ3v) is 2.87. The predicted octanol–water partition coefficient (Wildman–Crippen LogP) is -2.90. The maximum absolute atomic E-state index is 10.9. The van der Waals surface area contributed by atoms with Crippen LogP contribution in [0.1, 0.15) is 13.3 Å². The molecule has 0 bridgehead atoms. The summed E-state index contributed by atoms with van der Waals surface area (Å²) in [6.07, 6.45) is -5.29. The second kappa shape index (κ2) is 5.66. The maximum Gasteiger partial charge on any atom is 0.397 e. The molecule has 0 saturated carbocycles. The first-order valence-electron chi connectivity index (χ1n) is 5.20. The molecular weight excluding hydrogens is 286 g/mol. The first-order chi connectivity index (χ1) is 8.56. The van der Waals surface area contributed by atoms with Crippen LogP contribution in [0.2, 0.25) is 0 Å². The Bertz CT molecular complexity index is 438. The highest BCUT2D eigenvalue weighted by Gasteiger charge is 2.48. The Hall–Kier alpha value is -0.820. The van der Waals surface area contributed by atoms with Crippen LogP contribution in [0, 0.1) is 0 Å². The number of carbonyl (C=O) groups is 1. The van der Waals surface area contributed by atoms with Crippen molar-refractivity contribution in [1.29, 1.82) is 0 Å². The number of nitrogens with one attached hydrogen (secondary N) is 1. The molecule has 1 fully saturated rings. The number of amides is 1. The summed E-state index contributed by atoms with van der Waals surface area (Å²) in [5.74, 6) is -3.02. The third kappa shape index (κ3) is 4.65. The van der Waals surface area contributed by atoms with Crippen molar-refractivity contribution in [3.63, 3.8) is 0 Å². The van der Waals surface area contributed by atoms with Crippen molar-refractivity contribution >= 4 is 16.3 Å². The molecule has 112 valence electrons. The minimum atomic E-state index is -4.89. The summed E-state index contributed by atoms with van der Waals surface area (Å²) in [7, 11) is -4.89. The lowest BCUT2D eigenvalue weighted by Gasteiger charge is -2.42. The van der Waals surface area contributed by atoms with Crippen LogP contribution in [0.25, 0.3) is 0 Å². The van der Waals surface area contributed by atoms with E-state index < -0.39 is 53.6 Å². The minimum absolute atomic E-state index is 0.663. The van der Waals surface area contributed by atoms with Gasteiger partial charge in [0.1, 0.15) is 18.3 Å². The van der Waals surface area contributed by atoms with E-state index in [2.05, 4.69) is 4.18 Å². The quantitative estimate of drug-likeness (QED) is 0.271. The van der Waals surface area contributed by atoms with Crippen molar-refractivity contribution in [3.05, 3.63) is 0 Å². The van der Waals surface area contributed by atoms with Gasteiger partial charge < -0.3 is 25.4 Å². The highest BCUT2D eigenvalue weighted by molar-refractivity contribution is 7.80. The van der Waals surface area contributed by atoms with Gasteiger partial charge in [0.15, 0.2) is 0 Å². The summed E-state index contributed by atoms with van der Waals surface area (Å²) in [6, 6.07) is 0. The Labute approximate surface area is 108 Å². The van der Waals surface area contributed by atoms with E-state index in [1.54, 1.807) is 0 Å². The largest absolute Gasteiger partial charge is 0.397 e. The van der Waals surface area contributed by atoms with Gasteiger partial charge in [-0.2, -0.15) is 8.42 Å². The molecule has 1 amide bonds. The molecule has 1 aliphatic rings. The molecule has 1 saturated heterocycles. The number of aliphatic hydroxyl groups excluding tert-OH is 2. The lowest BCUT2D eigenvalue weighted by molar-refractivity contribution is -0.312. The summed E-state index contributed by atoms with van der Waals surface area (Å²) in [4.78, 5) is 10.9. The van der Waals surface area contributed by atoms with Crippen molar-refractivity contribution in [2.24, 2.45) is 0 Å². The van der Waals surface area contributed by atoms with Crippen LogP contribution < -0.4 is 5.32 Å². The van der Waals surface area contributed by atoms with Gasteiger partial charge in [0, 0.05) is 6.92 Å². The summed E-state index contributed by atoms with van der Waals surface area (Å²) in [5.41, 5.74) is 0. The van der Waals surface area contributed by atoms with Crippen LogP contribution >= 0.6 is 0 Å². The van der Waals surface area contributed by atoms with Crippen LogP contribution in [0.3, 0.4) is 0 Å². The molecule has 0 radical (unpaired) electrons. The molecule has 10 nitrogen and oxygen atoms in total. The number of rotatable bonds is 4. The second-order valence-corrected chi connectivity index (χ2v) is 5.11. The number of carbonyl (C=O) groups excluding carboxylic acids is 1. The van der Waals surface area contributed by atoms with E-state index in [-0.39, 0.29) is 0 Å². The minimum Gasteiger partial charge on any atom is -0.394 e. The van der Waals surface area contributed by atoms with Gasteiger partial charge in [0.25, 0.3) is 5.91 Å². The topological polar surface area (TPSA) is 163 Å². The van der Waals surface area contributed by atoms with Crippen LogP contribution in [-0.4, -0.2) is 65.0 Å². The van der Waals surface area contributed by atoms with E-state index in [1.165, 1.54) is 0 Å². The standard InChI is InChI=1S/C8H15NO9S/c1-4(11)9-8(13)2-5(18-19(14,15)16)7(12)6(3-10)17-8/h5-7,10,12-13H,2-3H2,1H3,(H,9,11)(H,14,15,16)/t5-,6+,7-,8+/m0/s1. The average molecular weight is 301 g/mol. The first-order valence-corrected chi connectivity index (χ1v) is 6.56. The monoisotopic (exact) mass is 301 g/mol. The summed E-state index contributed by atoms with van der Waals surface area (Å²) >= 11 is 0. The fourth-order valence-corrected chi connectivity index (χ4v) is 2.24. The molecule has 0 aliphatic carbocycles. The van der Waals surface area contributed by atoms with Crippen molar-refractivity contribution in [1.82, 2.24) is 5.32 Å². The second-order valence-electron chi connectivity index (χ2n) is 4.06. The van der Waals surface area contributed by atoms with Gasteiger partial charge >= 0.3 is 10.4 Å². The fraction of sp³-hybridized carbons (Fsp3) is 0.875. The molecule has 4 atom stereocenters. The Balaban J connectivity index is 2.93. The highest BCUT2D eigenvalue weighted by Crippen LogP contribution is 2.28. The first kappa shape index (κ1) is 16.2. The Kier molecular flexibility index (Phi) is 4.84. The molecule has 1 heterocycles. The smallest absolute Gasteiger partial charge is 0.394 e. The zero-order valence-corrected chi connectivity index (χ0v) is 10.7. The molecule has 5 N–H and O–H groups in total. The lowest BCUT2D eigenvalue weighted by atomic mass is 9.99. The zero-order valence-electron chi connectivity index (χ0n) is 9.88. The molecule has 0 spiro atoms. The fourth-order valence-electron chi connectivity index (χ4n) is 1.75. The number of aliphatic hydroxyl groups is 3. The van der Waals surface area contributed by atoms with E-state index in [1.807, 2.05) is 5.32 Å². The van der Waals surface area contributed by atoms with E-state index in [9.17, 15) is 23.4 Å². The SMILES string of the molecule is CC(=O)N[C@@]1(O)C[C@H](OS(=O)(=O)O)[C@H](O)[C@@H](CO)O1. The molecular formula is C8H15NO9S. The summed E-state index contributed by atoms with van der Waals surface area (Å²) < 4.78 is 38.8. The highest BCUT2D eigenvalue weighted by atomic mass is 32.3. The molecule has 0 aromatic rings. The Morgan fingerprint density at radius 2 is 2.16 bits per heavy atom. The summed E-state index contributed by atoms with van der Waals surface area (Å²) in [6.45, 7) is 0.299. The van der Waals surface area contributed by atoms with E-state index in [4.69, 9.17) is 14.4 Å². The van der Waals surface area contributed by atoms with E-state index >= 15 is 0 Å². The van der Waals surface area contributed by atoms with Gasteiger partial charge in [-0.25, -0.2) is 4.18 Å². The normalized spacial score (nSPS) is 35.9. The predicted molar refractivity (Wildman–Crippen MR) is 57.8 cm³/mol. The average Bonchev–Trinajstić information content (AvgIpc) is 2.19. The van der Waals surface area contributed by atoms with Crippen molar-refractivity contribution in [3.8, 4) is 0 Å².